The number of pyridine rings is 1. The average molecular weight is 349 g/mol. The number of carbonyl (C=O) groups is 2. The quantitative estimate of drug-likeness (QED) is 0.866. The van der Waals surface area contributed by atoms with Gasteiger partial charge in [0.15, 0.2) is 5.54 Å². The third-order valence-corrected chi connectivity index (χ3v) is 4.16. The lowest BCUT2D eigenvalue weighted by Crippen LogP contribution is -2.51. The number of halogens is 1. The highest BCUT2D eigenvalue weighted by Crippen LogP contribution is 2.27. The van der Waals surface area contributed by atoms with Crippen LogP contribution in [0.2, 0.25) is 5.02 Å². The largest absolute Gasteiger partial charge is 0.479 e. The molecule has 126 valence electrons. The van der Waals surface area contributed by atoms with Gasteiger partial charge in [-0.25, -0.2) is 4.79 Å². The number of amides is 1. The van der Waals surface area contributed by atoms with Gasteiger partial charge in [-0.1, -0.05) is 30.7 Å². The van der Waals surface area contributed by atoms with Gasteiger partial charge in [0.25, 0.3) is 5.91 Å². The summed E-state index contributed by atoms with van der Waals surface area (Å²) >= 11 is 5.85. The molecule has 24 heavy (non-hydrogen) atoms. The second kappa shape index (κ2) is 6.88. The number of benzene rings is 1. The fraction of sp³-hybridized carbons (Fsp3) is 0.235. The highest BCUT2D eigenvalue weighted by Gasteiger charge is 2.40. The number of aliphatic carboxylic acids is 1. The first-order valence-corrected chi connectivity index (χ1v) is 7.66. The molecule has 0 spiro atoms. The van der Waals surface area contributed by atoms with Crippen molar-refractivity contribution in [1.29, 1.82) is 0 Å². The summed E-state index contributed by atoms with van der Waals surface area (Å²) in [7, 11) is 1.52. The second-order valence-corrected chi connectivity index (χ2v) is 5.83. The highest BCUT2D eigenvalue weighted by molar-refractivity contribution is 6.30. The lowest BCUT2D eigenvalue weighted by Gasteiger charge is -2.30. The van der Waals surface area contributed by atoms with Crippen LogP contribution in [-0.4, -0.2) is 21.6 Å². The molecule has 6 nitrogen and oxygen atoms in total. The van der Waals surface area contributed by atoms with Crippen LogP contribution in [0.1, 0.15) is 29.3 Å². The number of carbonyl (C=O) groups excluding carboxylic acids is 1. The second-order valence-electron chi connectivity index (χ2n) is 5.39. The molecule has 0 aliphatic carbocycles. The molecular formula is C17H17ClN2O4. The lowest BCUT2D eigenvalue weighted by molar-refractivity contribution is -0.145. The lowest BCUT2D eigenvalue weighted by atomic mass is 9.87. The monoisotopic (exact) mass is 348 g/mol. The van der Waals surface area contributed by atoms with Crippen molar-refractivity contribution in [2.75, 3.05) is 0 Å². The fourth-order valence-electron chi connectivity index (χ4n) is 2.42. The van der Waals surface area contributed by atoms with Crippen molar-refractivity contribution in [3.05, 3.63) is 69.1 Å². The molecule has 0 saturated carbocycles. The molecule has 0 radical (unpaired) electrons. The Morgan fingerprint density at radius 3 is 2.33 bits per heavy atom. The number of nitrogens with zero attached hydrogens (tertiary/aromatic N) is 1. The highest BCUT2D eigenvalue weighted by atomic mass is 35.5. The molecule has 1 unspecified atom stereocenters. The molecule has 2 rings (SSSR count). The van der Waals surface area contributed by atoms with Crippen molar-refractivity contribution in [3.63, 3.8) is 0 Å². The van der Waals surface area contributed by atoms with E-state index in [9.17, 15) is 19.5 Å². The predicted molar refractivity (Wildman–Crippen MR) is 90.2 cm³/mol. The van der Waals surface area contributed by atoms with E-state index in [1.54, 1.807) is 31.2 Å². The number of carboxylic acid groups (broad SMARTS) is 1. The summed E-state index contributed by atoms with van der Waals surface area (Å²) in [5.41, 5.74) is -1.23. The molecule has 0 saturated heterocycles. The van der Waals surface area contributed by atoms with Gasteiger partial charge < -0.3 is 15.0 Å². The van der Waals surface area contributed by atoms with Crippen molar-refractivity contribution in [3.8, 4) is 0 Å². The van der Waals surface area contributed by atoms with Crippen molar-refractivity contribution >= 4 is 23.5 Å². The summed E-state index contributed by atoms with van der Waals surface area (Å²) in [4.78, 5) is 35.9. The molecular weight excluding hydrogens is 332 g/mol. The maximum absolute atomic E-state index is 12.5. The van der Waals surface area contributed by atoms with Crippen LogP contribution in [0.15, 0.2) is 47.4 Å². The number of hydrogen-bond acceptors (Lipinski definition) is 3. The number of rotatable bonds is 5. The van der Waals surface area contributed by atoms with Gasteiger partial charge in [0.05, 0.1) is 5.56 Å². The molecule has 0 aliphatic rings. The summed E-state index contributed by atoms with van der Waals surface area (Å²) in [5.74, 6) is -1.75. The van der Waals surface area contributed by atoms with Gasteiger partial charge in [-0.15, -0.1) is 0 Å². The molecule has 2 N–H and O–H groups in total. The van der Waals surface area contributed by atoms with Crippen LogP contribution in [0.3, 0.4) is 0 Å². The van der Waals surface area contributed by atoms with Crippen LogP contribution in [0.4, 0.5) is 0 Å². The van der Waals surface area contributed by atoms with Gasteiger partial charge in [0.1, 0.15) is 0 Å². The van der Waals surface area contributed by atoms with E-state index in [2.05, 4.69) is 5.32 Å². The van der Waals surface area contributed by atoms with Crippen LogP contribution in [0.5, 0.6) is 0 Å². The number of aromatic nitrogens is 1. The van der Waals surface area contributed by atoms with Crippen molar-refractivity contribution < 1.29 is 14.7 Å². The van der Waals surface area contributed by atoms with Gasteiger partial charge in [-0.3, -0.25) is 9.59 Å². The number of hydrogen-bond donors (Lipinski definition) is 2. The first-order valence-electron chi connectivity index (χ1n) is 7.29. The number of nitrogens with one attached hydrogen (secondary N) is 1. The smallest absolute Gasteiger partial charge is 0.334 e. The maximum Gasteiger partial charge on any atom is 0.334 e. The number of carboxylic acids is 1. The van der Waals surface area contributed by atoms with Crippen LogP contribution in [0.25, 0.3) is 0 Å². The minimum absolute atomic E-state index is 0.140. The summed E-state index contributed by atoms with van der Waals surface area (Å²) in [6, 6.07) is 8.90. The molecule has 1 aromatic carbocycles. The van der Waals surface area contributed by atoms with E-state index in [-0.39, 0.29) is 17.5 Å². The van der Waals surface area contributed by atoms with E-state index in [1.165, 1.54) is 29.9 Å². The van der Waals surface area contributed by atoms with Crippen molar-refractivity contribution in [2.24, 2.45) is 7.05 Å². The van der Waals surface area contributed by atoms with Crippen molar-refractivity contribution in [2.45, 2.75) is 18.9 Å². The Balaban J connectivity index is 2.43. The molecule has 1 aromatic heterocycles. The zero-order valence-corrected chi connectivity index (χ0v) is 14.0. The molecule has 2 aromatic rings. The standard InChI is InChI=1S/C17H17ClN2O4/c1-3-17(16(23)24,12-5-7-13(18)8-6-12)19-15(22)11-4-9-14(21)20(2)10-11/h4-10H,3H2,1-2H3,(H,19,22)(H,23,24). The summed E-state index contributed by atoms with van der Waals surface area (Å²) in [5, 5.41) is 12.8. The van der Waals surface area contributed by atoms with Gasteiger partial charge >= 0.3 is 5.97 Å². The maximum atomic E-state index is 12.5. The number of aryl methyl sites for hydroxylation is 1. The minimum Gasteiger partial charge on any atom is -0.479 e. The van der Waals surface area contributed by atoms with E-state index < -0.39 is 17.4 Å². The zero-order chi connectivity index (χ0) is 17.9. The normalized spacial score (nSPS) is 13.1. The first kappa shape index (κ1) is 17.7. The van der Waals surface area contributed by atoms with Crippen LogP contribution >= 0.6 is 11.6 Å². The molecule has 0 aliphatic heterocycles. The third kappa shape index (κ3) is 3.33. The van der Waals surface area contributed by atoms with Gasteiger partial charge in [-0.05, 0) is 30.2 Å². The molecule has 1 atom stereocenters. The fourth-order valence-corrected chi connectivity index (χ4v) is 2.55. The average Bonchev–Trinajstić information content (AvgIpc) is 2.55. The molecule has 1 heterocycles. The van der Waals surface area contributed by atoms with E-state index in [1.807, 2.05) is 0 Å². The van der Waals surface area contributed by atoms with E-state index in [0.29, 0.717) is 10.6 Å². The van der Waals surface area contributed by atoms with Crippen LogP contribution in [-0.2, 0) is 17.4 Å². The molecule has 1 amide bonds. The summed E-state index contributed by atoms with van der Waals surface area (Å²) in [6.07, 6.45) is 1.50. The molecule has 7 heteroatoms. The summed E-state index contributed by atoms with van der Waals surface area (Å²) in [6.45, 7) is 1.67. The van der Waals surface area contributed by atoms with E-state index >= 15 is 0 Å². The third-order valence-electron chi connectivity index (χ3n) is 3.91. The Labute approximate surface area is 143 Å². The van der Waals surface area contributed by atoms with E-state index in [4.69, 9.17) is 11.6 Å². The van der Waals surface area contributed by atoms with Gasteiger partial charge in [0, 0.05) is 24.3 Å². The summed E-state index contributed by atoms with van der Waals surface area (Å²) < 4.78 is 1.26. The van der Waals surface area contributed by atoms with Crippen LogP contribution in [0, 0.1) is 0 Å². The zero-order valence-electron chi connectivity index (χ0n) is 13.2. The van der Waals surface area contributed by atoms with Crippen molar-refractivity contribution in [1.82, 2.24) is 9.88 Å². The Kier molecular flexibility index (Phi) is 5.09. The van der Waals surface area contributed by atoms with Gasteiger partial charge in [-0.2, -0.15) is 0 Å². The Morgan fingerprint density at radius 2 is 1.83 bits per heavy atom. The van der Waals surface area contributed by atoms with E-state index in [0.717, 1.165) is 0 Å². The predicted octanol–water partition coefficient (Wildman–Crippen LogP) is 2.16. The topological polar surface area (TPSA) is 88.4 Å². The van der Waals surface area contributed by atoms with Gasteiger partial charge in [0.2, 0.25) is 5.56 Å². The first-order chi connectivity index (χ1) is 11.3. The Hall–Kier alpha value is -2.60. The molecule has 0 bridgehead atoms. The minimum atomic E-state index is -1.59. The Morgan fingerprint density at radius 1 is 1.21 bits per heavy atom. The SMILES string of the molecule is CCC(NC(=O)c1ccc(=O)n(C)c1)(C(=O)O)c1ccc(Cl)cc1. The van der Waals surface area contributed by atoms with Crippen LogP contribution < -0.4 is 10.9 Å². The Bertz CT molecular complexity index is 829. The molecule has 0 fully saturated rings.